The van der Waals surface area contributed by atoms with Crippen LogP contribution in [0.3, 0.4) is 0 Å². The van der Waals surface area contributed by atoms with Gasteiger partial charge in [0.2, 0.25) is 0 Å². The molecule has 1 aromatic heterocycles. The molecular weight excluding hydrogens is 493 g/mol. The van der Waals surface area contributed by atoms with Gasteiger partial charge in [-0.3, -0.25) is 0 Å². The minimum atomic E-state index is 0.0801. The van der Waals surface area contributed by atoms with Gasteiger partial charge in [-0.15, -0.1) is 15.0 Å². The van der Waals surface area contributed by atoms with Gasteiger partial charge in [-0.25, -0.2) is 0 Å². The number of rotatable bonds is 6. The van der Waals surface area contributed by atoms with Crippen molar-refractivity contribution in [3.63, 3.8) is 0 Å². The minimum absolute atomic E-state index is 0.0801. The van der Waals surface area contributed by atoms with Crippen molar-refractivity contribution in [2.45, 2.75) is 13.8 Å². The fourth-order valence-electron chi connectivity index (χ4n) is 2.67. The van der Waals surface area contributed by atoms with Crippen molar-refractivity contribution in [2.75, 3.05) is 0 Å². The van der Waals surface area contributed by atoms with Gasteiger partial charge in [-0.2, -0.15) is 0 Å². The molecule has 7 heteroatoms. The van der Waals surface area contributed by atoms with Crippen molar-refractivity contribution in [3.8, 4) is 35.3 Å². The molecule has 0 saturated heterocycles. The van der Waals surface area contributed by atoms with Crippen LogP contribution >= 0.6 is 22.6 Å². The molecule has 0 bridgehead atoms. The highest BCUT2D eigenvalue weighted by Crippen LogP contribution is 2.28. The lowest BCUT2D eigenvalue weighted by molar-refractivity contribution is 0.361. The van der Waals surface area contributed by atoms with Crippen LogP contribution in [-0.4, -0.2) is 15.0 Å². The van der Waals surface area contributed by atoms with Gasteiger partial charge in [-0.05, 0) is 84.5 Å². The normalized spacial score (nSPS) is 10.5. The Hall–Kier alpha value is -3.20. The summed E-state index contributed by atoms with van der Waals surface area (Å²) in [7, 11) is 0. The molecule has 0 N–H and O–H groups in total. The Labute approximate surface area is 188 Å². The fourth-order valence-corrected chi connectivity index (χ4v) is 3.03. The van der Waals surface area contributed by atoms with E-state index in [2.05, 4.69) is 37.5 Å². The number of para-hydroxylation sites is 1. The van der Waals surface area contributed by atoms with Crippen molar-refractivity contribution in [2.24, 2.45) is 0 Å². The van der Waals surface area contributed by atoms with E-state index in [4.69, 9.17) is 14.2 Å². The summed E-state index contributed by atoms with van der Waals surface area (Å²) in [4.78, 5) is 12.9. The molecule has 0 atom stereocenters. The maximum atomic E-state index is 5.92. The van der Waals surface area contributed by atoms with Crippen LogP contribution in [-0.2, 0) is 0 Å². The predicted octanol–water partition coefficient (Wildman–Crippen LogP) is 6.47. The SMILES string of the molecule is Cc1ccc(Oc2nc(Oc3ccccc3)nc(Oc3ccc(I)cc3)n2)c(C)c1. The van der Waals surface area contributed by atoms with Crippen molar-refractivity contribution in [1.29, 1.82) is 0 Å². The van der Waals surface area contributed by atoms with E-state index in [9.17, 15) is 0 Å². The summed E-state index contributed by atoms with van der Waals surface area (Å²) in [6.07, 6.45) is 0. The highest BCUT2D eigenvalue weighted by molar-refractivity contribution is 14.1. The van der Waals surface area contributed by atoms with Crippen LogP contribution < -0.4 is 14.2 Å². The smallest absolute Gasteiger partial charge is 0.331 e. The van der Waals surface area contributed by atoms with Gasteiger partial charge in [0.05, 0.1) is 0 Å². The average molecular weight is 511 g/mol. The van der Waals surface area contributed by atoms with Crippen LogP contribution in [0.5, 0.6) is 35.3 Å². The third kappa shape index (κ3) is 5.24. The molecule has 0 aliphatic heterocycles. The molecule has 1 heterocycles. The summed E-state index contributed by atoms with van der Waals surface area (Å²) in [5.41, 5.74) is 2.12. The number of halogens is 1. The summed E-state index contributed by atoms with van der Waals surface area (Å²) >= 11 is 2.23. The Bertz CT molecular complexity index is 1150. The minimum Gasteiger partial charge on any atom is -0.424 e. The Balaban J connectivity index is 1.66. The number of nitrogens with zero attached hydrogens (tertiary/aromatic N) is 3. The Morgan fingerprint density at radius 1 is 0.633 bits per heavy atom. The van der Waals surface area contributed by atoms with Crippen molar-refractivity contribution >= 4 is 22.6 Å². The first-order valence-corrected chi connectivity index (χ1v) is 10.3. The van der Waals surface area contributed by atoms with E-state index in [0.29, 0.717) is 17.2 Å². The van der Waals surface area contributed by atoms with Crippen LogP contribution in [0.4, 0.5) is 0 Å². The summed E-state index contributed by atoms with van der Waals surface area (Å²) < 4.78 is 18.6. The molecule has 4 aromatic rings. The molecule has 4 rings (SSSR count). The van der Waals surface area contributed by atoms with E-state index in [0.717, 1.165) is 14.7 Å². The Morgan fingerprint density at radius 2 is 1.20 bits per heavy atom. The van der Waals surface area contributed by atoms with Crippen molar-refractivity contribution in [3.05, 3.63) is 87.5 Å². The van der Waals surface area contributed by atoms with Gasteiger partial charge in [-0.1, -0.05) is 35.9 Å². The number of hydrogen-bond donors (Lipinski definition) is 0. The molecule has 6 nitrogen and oxygen atoms in total. The van der Waals surface area contributed by atoms with Crippen LogP contribution in [0.2, 0.25) is 0 Å². The van der Waals surface area contributed by atoms with Crippen LogP contribution in [0.15, 0.2) is 72.8 Å². The summed E-state index contributed by atoms with van der Waals surface area (Å²) in [5.74, 6) is 1.85. The first kappa shape index (κ1) is 20.1. The molecule has 0 spiro atoms. The van der Waals surface area contributed by atoms with E-state index in [1.807, 2.05) is 86.6 Å². The zero-order valence-corrected chi connectivity index (χ0v) is 18.5. The van der Waals surface area contributed by atoms with Gasteiger partial charge in [0.1, 0.15) is 17.2 Å². The lowest BCUT2D eigenvalue weighted by Gasteiger charge is -2.11. The van der Waals surface area contributed by atoms with Crippen molar-refractivity contribution < 1.29 is 14.2 Å². The zero-order chi connectivity index (χ0) is 20.9. The molecule has 0 saturated carbocycles. The molecule has 30 heavy (non-hydrogen) atoms. The largest absolute Gasteiger partial charge is 0.424 e. The van der Waals surface area contributed by atoms with Gasteiger partial charge in [0.25, 0.3) is 0 Å². The molecular formula is C23H18IN3O3. The van der Waals surface area contributed by atoms with E-state index < -0.39 is 0 Å². The highest BCUT2D eigenvalue weighted by Gasteiger charge is 2.13. The first-order valence-electron chi connectivity index (χ1n) is 9.23. The number of aryl methyl sites for hydroxylation is 2. The quantitative estimate of drug-likeness (QED) is 0.277. The molecule has 0 unspecified atom stereocenters. The third-order valence-corrected chi connectivity index (χ3v) is 4.80. The molecule has 0 amide bonds. The standard InChI is InChI=1S/C23H18IN3O3/c1-15-8-13-20(16(2)14-15)30-23-26-21(28-18-6-4-3-5-7-18)25-22(27-23)29-19-11-9-17(24)10-12-19/h3-14H,1-2H3. The third-order valence-electron chi connectivity index (χ3n) is 4.08. The monoisotopic (exact) mass is 511 g/mol. The Kier molecular flexibility index (Phi) is 6.08. The molecule has 0 radical (unpaired) electrons. The Morgan fingerprint density at radius 3 is 1.80 bits per heavy atom. The van der Waals surface area contributed by atoms with Gasteiger partial charge >= 0.3 is 18.0 Å². The second kappa shape index (κ2) is 9.08. The van der Waals surface area contributed by atoms with E-state index in [1.54, 1.807) is 0 Å². The maximum absolute atomic E-state index is 5.92. The maximum Gasteiger partial charge on any atom is 0.331 e. The lowest BCUT2D eigenvalue weighted by atomic mass is 10.1. The van der Waals surface area contributed by atoms with E-state index in [1.165, 1.54) is 0 Å². The van der Waals surface area contributed by atoms with E-state index in [-0.39, 0.29) is 18.0 Å². The van der Waals surface area contributed by atoms with E-state index >= 15 is 0 Å². The fraction of sp³-hybridized carbons (Fsp3) is 0.0870. The second-order valence-corrected chi connectivity index (χ2v) is 7.77. The topological polar surface area (TPSA) is 66.4 Å². The van der Waals surface area contributed by atoms with Gasteiger partial charge in [0.15, 0.2) is 0 Å². The summed E-state index contributed by atoms with van der Waals surface area (Å²) in [6.45, 7) is 3.99. The second-order valence-electron chi connectivity index (χ2n) is 6.53. The lowest BCUT2D eigenvalue weighted by Crippen LogP contribution is -2.02. The highest BCUT2D eigenvalue weighted by atomic mass is 127. The first-order chi connectivity index (χ1) is 14.5. The van der Waals surface area contributed by atoms with Crippen LogP contribution in [0, 0.1) is 17.4 Å². The molecule has 0 aliphatic carbocycles. The zero-order valence-electron chi connectivity index (χ0n) is 16.4. The average Bonchev–Trinajstić information content (AvgIpc) is 2.72. The van der Waals surface area contributed by atoms with Crippen LogP contribution in [0.1, 0.15) is 11.1 Å². The van der Waals surface area contributed by atoms with Crippen molar-refractivity contribution in [1.82, 2.24) is 15.0 Å². The number of aromatic nitrogens is 3. The number of benzene rings is 3. The molecule has 3 aromatic carbocycles. The van der Waals surface area contributed by atoms with Gasteiger partial charge < -0.3 is 14.2 Å². The van der Waals surface area contributed by atoms with Gasteiger partial charge in [0, 0.05) is 3.57 Å². The molecule has 150 valence electrons. The number of ether oxygens (including phenoxy) is 3. The van der Waals surface area contributed by atoms with Crippen LogP contribution in [0.25, 0.3) is 0 Å². The molecule has 0 aliphatic rings. The summed E-state index contributed by atoms with van der Waals surface area (Å²) in [6, 6.07) is 22.9. The number of hydrogen-bond acceptors (Lipinski definition) is 6. The molecule has 0 fully saturated rings. The summed E-state index contributed by atoms with van der Waals surface area (Å²) in [5, 5.41) is 0. The predicted molar refractivity (Wildman–Crippen MR) is 122 cm³/mol.